The van der Waals surface area contributed by atoms with E-state index in [4.69, 9.17) is 4.74 Å². The fourth-order valence-corrected chi connectivity index (χ4v) is 4.23. The number of rotatable bonds is 6. The van der Waals surface area contributed by atoms with Crippen LogP contribution in [0.3, 0.4) is 0 Å². The Balaban J connectivity index is 1.58. The second-order valence-electron chi connectivity index (χ2n) is 7.88. The quantitative estimate of drug-likeness (QED) is 0.555. The van der Waals surface area contributed by atoms with Gasteiger partial charge in [-0.15, -0.1) is 0 Å². The van der Waals surface area contributed by atoms with E-state index in [1.54, 1.807) is 24.5 Å². The Kier molecular flexibility index (Phi) is 6.65. The van der Waals surface area contributed by atoms with Crippen LogP contribution >= 0.6 is 0 Å². The summed E-state index contributed by atoms with van der Waals surface area (Å²) < 4.78 is 44.4. The number of hydrogen-bond acceptors (Lipinski definition) is 4. The standard InChI is InChI=1S/C25H24F3N3O2/c1-33-22-14-20(25(26,27)28)10-9-18(22)16-30-23-12-11-21(17-6-3-2-4-7-17)31(23)24(32)19-8-5-13-29-15-19/h2-10,13-15,21,23,30H,11-12,16H2,1H3. The van der Waals surface area contributed by atoms with Gasteiger partial charge in [0.25, 0.3) is 5.91 Å². The predicted molar refractivity (Wildman–Crippen MR) is 117 cm³/mol. The zero-order chi connectivity index (χ0) is 23.4. The number of aromatic nitrogens is 1. The van der Waals surface area contributed by atoms with Gasteiger partial charge in [0.1, 0.15) is 5.75 Å². The van der Waals surface area contributed by atoms with Crippen molar-refractivity contribution < 1.29 is 22.7 Å². The zero-order valence-corrected chi connectivity index (χ0v) is 18.0. The predicted octanol–water partition coefficient (Wildman–Crippen LogP) is 5.20. The number of alkyl halides is 3. The monoisotopic (exact) mass is 455 g/mol. The number of nitrogens with zero attached hydrogens (tertiary/aromatic N) is 2. The molecule has 2 atom stereocenters. The Hall–Kier alpha value is -3.39. The number of benzene rings is 2. The van der Waals surface area contributed by atoms with Crippen molar-refractivity contribution in [1.29, 1.82) is 0 Å². The van der Waals surface area contributed by atoms with E-state index in [0.29, 0.717) is 17.5 Å². The van der Waals surface area contributed by atoms with E-state index < -0.39 is 11.7 Å². The Labute approximate surface area is 190 Å². The lowest BCUT2D eigenvalue weighted by molar-refractivity contribution is -0.137. The van der Waals surface area contributed by atoms with Crippen molar-refractivity contribution in [2.45, 2.75) is 37.8 Å². The number of nitrogens with one attached hydrogen (secondary N) is 1. The van der Waals surface area contributed by atoms with E-state index in [1.165, 1.54) is 13.2 Å². The molecule has 2 heterocycles. The summed E-state index contributed by atoms with van der Waals surface area (Å²) in [4.78, 5) is 19.3. The van der Waals surface area contributed by atoms with E-state index in [0.717, 1.165) is 24.1 Å². The minimum absolute atomic E-state index is 0.120. The average Bonchev–Trinajstić information content (AvgIpc) is 3.26. The van der Waals surface area contributed by atoms with Crippen molar-refractivity contribution in [3.63, 3.8) is 0 Å². The molecule has 2 unspecified atom stereocenters. The third kappa shape index (κ3) is 5.01. The Morgan fingerprint density at radius 3 is 2.58 bits per heavy atom. The maximum Gasteiger partial charge on any atom is 0.416 e. The van der Waals surface area contributed by atoms with Crippen LogP contribution in [0.1, 0.15) is 45.9 Å². The highest BCUT2D eigenvalue weighted by atomic mass is 19.4. The van der Waals surface area contributed by atoms with Crippen molar-refractivity contribution >= 4 is 5.91 Å². The topological polar surface area (TPSA) is 54.5 Å². The van der Waals surface area contributed by atoms with Gasteiger partial charge in [0.2, 0.25) is 0 Å². The summed E-state index contributed by atoms with van der Waals surface area (Å²) in [5.41, 5.74) is 1.34. The Morgan fingerprint density at radius 2 is 1.91 bits per heavy atom. The summed E-state index contributed by atoms with van der Waals surface area (Å²) in [6.45, 7) is 0.254. The summed E-state index contributed by atoms with van der Waals surface area (Å²) in [6.07, 6.45) is -0.122. The molecule has 2 aromatic carbocycles. The molecule has 5 nitrogen and oxygen atoms in total. The Morgan fingerprint density at radius 1 is 1.12 bits per heavy atom. The number of carbonyl (C=O) groups excluding carboxylic acids is 1. The summed E-state index contributed by atoms with van der Waals surface area (Å²) in [5.74, 6) is 0.00593. The fraction of sp³-hybridized carbons (Fsp3) is 0.280. The molecule has 1 N–H and O–H groups in total. The molecule has 0 radical (unpaired) electrons. The van der Waals surface area contributed by atoms with Gasteiger partial charge in [0, 0.05) is 24.5 Å². The molecular weight excluding hydrogens is 431 g/mol. The van der Waals surface area contributed by atoms with Crippen LogP contribution in [0.15, 0.2) is 73.1 Å². The molecule has 1 aliphatic rings. The normalized spacial score (nSPS) is 18.4. The molecule has 4 rings (SSSR count). The number of hydrogen-bond donors (Lipinski definition) is 1. The number of halogens is 3. The second kappa shape index (κ2) is 9.62. The molecule has 0 saturated carbocycles. The first-order valence-electron chi connectivity index (χ1n) is 10.6. The zero-order valence-electron chi connectivity index (χ0n) is 18.0. The second-order valence-corrected chi connectivity index (χ2v) is 7.88. The third-order valence-electron chi connectivity index (χ3n) is 5.85. The number of amides is 1. The molecule has 3 aromatic rings. The van der Waals surface area contributed by atoms with Crippen LogP contribution in [0, 0.1) is 0 Å². The van der Waals surface area contributed by atoms with Gasteiger partial charge in [-0.2, -0.15) is 13.2 Å². The van der Waals surface area contributed by atoms with Crippen molar-refractivity contribution in [3.05, 3.63) is 95.3 Å². The van der Waals surface area contributed by atoms with Crippen molar-refractivity contribution in [3.8, 4) is 5.75 Å². The summed E-state index contributed by atoms with van der Waals surface area (Å²) in [6, 6.07) is 16.6. The van der Waals surface area contributed by atoms with E-state index in [2.05, 4.69) is 10.3 Å². The first kappa shape index (κ1) is 22.8. The minimum Gasteiger partial charge on any atom is -0.496 e. The molecule has 1 aliphatic heterocycles. The highest BCUT2D eigenvalue weighted by Crippen LogP contribution is 2.37. The molecule has 8 heteroatoms. The molecule has 172 valence electrons. The van der Waals surface area contributed by atoms with Crippen molar-refractivity contribution in [1.82, 2.24) is 15.2 Å². The van der Waals surface area contributed by atoms with Crippen LogP contribution in [0.4, 0.5) is 13.2 Å². The van der Waals surface area contributed by atoms with Crippen LogP contribution < -0.4 is 10.1 Å². The highest BCUT2D eigenvalue weighted by molar-refractivity contribution is 5.94. The average molecular weight is 455 g/mol. The summed E-state index contributed by atoms with van der Waals surface area (Å²) in [5, 5.41) is 3.35. The number of likely N-dealkylation sites (tertiary alicyclic amines) is 1. The van der Waals surface area contributed by atoms with Crippen LogP contribution in [0.25, 0.3) is 0 Å². The number of carbonyl (C=O) groups is 1. The van der Waals surface area contributed by atoms with Crippen LogP contribution in [0.2, 0.25) is 0 Å². The molecule has 1 amide bonds. The number of methoxy groups -OCH3 is 1. The summed E-state index contributed by atoms with van der Waals surface area (Å²) in [7, 11) is 1.35. The largest absolute Gasteiger partial charge is 0.496 e. The van der Waals surface area contributed by atoms with E-state index in [-0.39, 0.29) is 30.4 Å². The van der Waals surface area contributed by atoms with Crippen LogP contribution in [-0.2, 0) is 12.7 Å². The SMILES string of the molecule is COc1cc(C(F)(F)F)ccc1CNC1CCC(c2ccccc2)N1C(=O)c1cccnc1. The summed E-state index contributed by atoms with van der Waals surface area (Å²) >= 11 is 0. The molecular formula is C25H24F3N3O2. The van der Waals surface area contributed by atoms with Gasteiger partial charge in [-0.05, 0) is 42.7 Å². The third-order valence-corrected chi connectivity index (χ3v) is 5.85. The van der Waals surface area contributed by atoms with Crippen molar-refractivity contribution in [2.24, 2.45) is 0 Å². The first-order chi connectivity index (χ1) is 15.9. The lowest BCUT2D eigenvalue weighted by Gasteiger charge is -2.31. The van der Waals surface area contributed by atoms with Crippen molar-refractivity contribution in [2.75, 3.05) is 7.11 Å². The fourth-order valence-electron chi connectivity index (χ4n) is 4.23. The van der Waals surface area contributed by atoms with Gasteiger partial charge < -0.3 is 9.64 Å². The van der Waals surface area contributed by atoms with Crippen LogP contribution in [0.5, 0.6) is 5.75 Å². The van der Waals surface area contributed by atoms with Gasteiger partial charge in [-0.3, -0.25) is 15.1 Å². The van der Waals surface area contributed by atoms with Gasteiger partial charge in [0.05, 0.1) is 30.4 Å². The molecule has 1 fully saturated rings. The molecule has 33 heavy (non-hydrogen) atoms. The maximum absolute atomic E-state index is 13.4. The lowest BCUT2D eigenvalue weighted by atomic mass is 10.0. The van der Waals surface area contributed by atoms with E-state index >= 15 is 0 Å². The highest BCUT2D eigenvalue weighted by Gasteiger charge is 2.38. The van der Waals surface area contributed by atoms with E-state index in [9.17, 15) is 18.0 Å². The Bertz CT molecular complexity index is 1090. The molecule has 0 bridgehead atoms. The van der Waals surface area contributed by atoms with E-state index in [1.807, 2.05) is 35.2 Å². The lowest BCUT2D eigenvalue weighted by Crippen LogP contribution is -2.45. The first-order valence-corrected chi connectivity index (χ1v) is 10.6. The van der Waals surface area contributed by atoms with Gasteiger partial charge in [-0.25, -0.2) is 0 Å². The van der Waals surface area contributed by atoms with Crippen LogP contribution in [-0.4, -0.2) is 29.1 Å². The number of pyridine rings is 1. The van der Waals surface area contributed by atoms with Gasteiger partial charge in [-0.1, -0.05) is 36.4 Å². The minimum atomic E-state index is -4.44. The maximum atomic E-state index is 13.4. The number of ether oxygens (including phenoxy) is 1. The molecule has 0 aliphatic carbocycles. The molecule has 0 spiro atoms. The molecule has 1 saturated heterocycles. The van der Waals surface area contributed by atoms with Gasteiger partial charge in [0.15, 0.2) is 0 Å². The van der Waals surface area contributed by atoms with Gasteiger partial charge >= 0.3 is 6.18 Å². The molecule has 1 aromatic heterocycles. The smallest absolute Gasteiger partial charge is 0.416 e.